The van der Waals surface area contributed by atoms with Crippen molar-refractivity contribution in [3.63, 3.8) is 0 Å². The molecule has 5 nitrogen and oxygen atoms in total. The van der Waals surface area contributed by atoms with E-state index in [0.29, 0.717) is 11.1 Å². The molecule has 0 aliphatic carbocycles. The molecule has 0 fully saturated rings. The molecule has 0 unspecified atom stereocenters. The first kappa shape index (κ1) is 21.6. The van der Waals surface area contributed by atoms with E-state index >= 15 is 0 Å². The number of rotatable bonds is 5. The highest BCUT2D eigenvalue weighted by Crippen LogP contribution is 2.35. The summed E-state index contributed by atoms with van der Waals surface area (Å²) in [5.74, 6) is -1.98. The largest absolute Gasteiger partial charge is 0.534 e. The van der Waals surface area contributed by atoms with Crippen LogP contribution in [0.3, 0.4) is 0 Å². The molecule has 0 N–H and O–H groups in total. The van der Waals surface area contributed by atoms with Gasteiger partial charge in [-0.15, -0.1) is 0 Å². The van der Waals surface area contributed by atoms with Crippen LogP contribution in [0.5, 0.6) is 5.75 Å². The number of carbonyl (C=O) groups excluding carboxylic acids is 1. The lowest BCUT2D eigenvalue weighted by molar-refractivity contribution is -0.0499. The van der Waals surface area contributed by atoms with E-state index in [0.717, 1.165) is 6.07 Å². The maximum Gasteiger partial charge on any atom is 0.534 e. The Bertz CT molecular complexity index is 1200. The van der Waals surface area contributed by atoms with Gasteiger partial charge in [0.25, 0.3) is 0 Å². The standard InChI is InChI=1S/C20H14F4O5S/c1-2-28-19(25)15-10-14-9-13(12-3-6-16(21)7-4-12)5-8-17(14)18(11-15)29-30(26,27)20(22,23)24/h3-11H,2H2,1H3. The van der Waals surface area contributed by atoms with E-state index < -0.39 is 33.2 Å². The van der Waals surface area contributed by atoms with Crippen molar-refractivity contribution in [1.82, 2.24) is 0 Å². The Morgan fingerprint density at radius 2 is 1.60 bits per heavy atom. The Balaban J connectivity index is 2.18. The molecule has 10 heteroatoms. The SMILES string of the molecule is CCOC(=O)c1cc(OS(=O)(=O)C(F)(F)F)c2ccc(-c3ccc(F)cc3)cc2c1. The molecule has 0 heterocycles. The molecule has 0 bridgehead atoms. The molecule has 0 saturated heterocycles. The van der Waals surface area contributed by atoms with Crippen molar-refractivity contribution in [2.75, 3.05) is 6.61 Å². The monoisotopic (exact) mass is 442 g/mol. The lowest BCUT2D eigenvalue weighted by Crippen LogP contribution is -2.28. The van der Waals surface area contributed by atoms with Crippen molar-refractivity contribution in [3.05, 3.63) is 66.0 Å². The zero-order valence-electron chi connectivity index (χ0n) is 15.4. The highest BCUT2D eigenvalue weighted by Gasteiger charge is 2.48. The molecule has 0 atom stereocenters. The summed E-state index contributed by atoms with van der Waals surface area (Å²) < 4.78 is 83.6. The minimum absolute atomic E-state index is 0.00350. The molecule has 0 aromatic heterocycles. The van der Waals surface area contributed by atoms with E-state index in [1.54, 1.807) is 0 Å². The van der Waals surface area contributed by atoms with E-state index in [-0.39, 0.29) is 22.9 Å². The first-order valence-corrected chi connectivity index (χ1v) is 9.94. The van der Waals surface area contributed by atoms with Gasteiger partial charge >= 0.3 is 21.6 Å². The summed E-state index contributed by atoms with van der Waals surface area (Å²) in [6.07, 6.45) is 0. The lowest BCUT2D eigenvalue weighted by Gasteiger charge is -2.14. The molecular weight excluding hydrogens is 428 g/mol. The predicted molar refractivity (Wildman–Crippen MR) is 101 cm³/mol. The second kappa shape index (κ2) is 7.94. The van der Waals surface area contributed by atoms with Gasteiger partial charge in [0.2, 0.25) is 0 Å². The number of benzene rings is 3. The van der Waals surface area contributed by atoms with Gasteiger partial charge in [0.15, 0.2) is 5.75 Å². The van der Waals surface area contributed by atoms with Crippen LogP contribution in [0, 0.1) is 5.82 Å². The van der Waals surface area contributed by atoms with Gasteiger partial charge in [-0.1, -0.05) is 18.2 Å². The van der Waals surface area contributed by atoms with E-state index in [4.69, 9.17) is 4.74 Å². The molecule has 3 rings (SSSR count). The summed E-state index contributed by atoms with van der Waals surface area (Å²) in [7, 11) is -5.96. The normalized spacial score (nSPS) is 12.0. The number of carbonyl (C=O) groups is 1. The summed E-state index contributed by atoms with van der Waals surface area (Å²) in [6.45, 7) is 1.54. The van der Waals surface area contributed by atoms with Gasteiger partial charge in [-0.2, -0.15) is 21.6 Å². The Hall–Kier alpha value is -3.14. The van der Waals surface area contributed by atoms with Crippen LogP contribution in [0.2, 0.25) is 0 Å². The zero-order valence-corrected chi connectivity index (χ0v) is 16.2. The van der Waals surface area contributed by atoms with Crippen LogP contribution in [0.4, 0.5) is 17.6 Å². The number of alkyl halides is 3. The molecule has 0 radical (unpaired) electrons. The predicted octanol–water partition coefficient (Wildman–Crippen LogP) is 5.05. The topological polar surface area (TPSA) is 69.7 Å². The molecule has 0 amide bonds. The first-order valence-electron chi connectivity index (χ1n) is 8.53. The van der Waals surface area contributed by atoms with Gasteiger partial charge in [0.1, 0.15) is 5.82 Å². The third kappa shape index (κ3) is 4.38. The average molecular weight is 442 g/mol. The quantitative estimate of drug-likeness (QED) is 0.239. The molecule has 3 aromatic rings. The van der Waals surface area contributed by atoms with Gasteiger partial charge in [0.05, 0.1) is 12.2 Å². The summed E-state index contributed by atoms with van der Waals surface area (Å²) in [5.41, 5.74) is -4.67. The fourth-order valence-electron chi connectivity index (χ4n) is 2.72. The maximum absolute atomic E-state index is 13.2. The number of esters is 1. The number of hydrogen-bond acceptors (Lipinski definition) is 5. The van der Waals surface area contributed by atoms with Crippen LogP contribution >= 0.6 is 0 Å². The van der Waals surface area contributed by atoms with Crippen molar-refractivity contribution in [2.24, 2.45) is 0 Å². The molecular formula is C20H14F4O5S. The Kier molecular flexibility index (Phi) is 5.71. The van der Waals surface area contributed by atoms with Crippen LogP contribution in [0.25, 0.3) is 21.9 Å². The van der Waals surface area contributed by atoms with Crippen LogP contribution in [0.15, 0.2) is 54.6 Å². The van der Waals surface area contributed by atoms with E-state index in [1.165, 1.54) is 55.5 Å². The van der Waals surface area contributed by atoms with Gasteiger partial charge in [-0.3, -0.25) is 0 Å². The van der Waals surface area contributed by atoms with E-state index in [2.05, 4.69) is 4.18 Å². The van der Waals surface area contributed by atoms with Crippen LogP contribution in [-0.4, -0.2) is 26.5 Å². The summed E-state index contributed by atoms with van der Waals surface area (Å²) >= 11 is 0. The summed E-state index contributed by atoms with van der Waals surface area (Å²) in [4.78, 5) is 12.1. The van der Waals surface area contributed by atoms with Crippen molar-refractivity contribution < 1.29 is 39.7 Å². The van der Waals surface area contributed by atoms with Gasteiger partial charge in [-0.05, 0) is 59.8 Å². The third-order valence-corrected chi connectivity index (χ3v) is 5.05. The smallest absolute Gasteiger partial charge is 0.462 e. The number of hydrogen-bond donors (Lipinski definition) is 0. The highest BCUT2D eigenvalue weighted by molar-refractivity contribution is 7.88. The second-order valence-electron chi connectivity index (χ2n) is 6.12. The Morgan fingerprint density at radius 1 is 0.967 bits per heavy atom. The average Bonchev–Trinajstić information content (AvgIpc) is 2.67. The number of fused-ring (bicyclic) bond motifs is 1. The summed E-state index contributed by atoms with van der Waals surface area (Å²) in [5, 5.41) is 0.261. The van der Waals surface area contributed by atoms with Crippen LogP contribution < -0.4 is 4.18 Å². The fourth-order valence-corrected chi connectivity index (χ4v) is 3.19. The molecule has 0 aliphatic heterocycles. The molecule has 0 saturated carbocycles. The van der Waals surface area contributed by atoms with Crippen molar-refractivity contribution in [2.45, 2.75) is 12.4 Å². The van der Waals surface area contributed by atoms with Gasteiger partial charge in [0, 0.05) is 5.39 Å². The van der Waals surface area contributed by atoms with Crippen molar-refractivity contribution in [1.29, 1.82) is 0 Å². The maximum atomic E-state index is 13.2. The summed E-state index contributed by atoms with van der Waals surface area (Å²) in [6, 6.07) is 12.1. The number of halogens is 4. The first-order chi connectivity index (χ1) is 14.0. The second-order valence-corrected chi connectivity index (χ2v) is 7.66. The van der Waals surface area contributed by atoms with Gasteiger partial charge in [-0.25, -0.2) is 9.18 Å². The Morgan fingerprint density at radius 3 is 2.20 bits per heavy atom. The van der Waals surface area contributed by atoms with Crippen molar-refractivity contribution >= 4 is 26.9 Å². The zero-order chi connectivity index (χ0) is 22.1. The molecule has 0 aliphatic rings. The fraction of sp³-hybridized carbons (Fsp3) is 0.150. The van der Waals surface area contributed by atoms with Gasteiger partial charge < -0.3 is 8.92 Å². The molecule has 3 aromatic carbocycles. The Labute approximate surface area is 169 Å². The highest BCUT2D eigenvalue weighted by atomic mass is 32.2. The molecule has 30 heavy (non-hydrogen) atoms. The minimum atomic E-state index is -5.96. The molecule has 158 valence electrons. The third-order valence-electron chi connectivity index (χ3n) is 4.09. The number of ether oxygens (including phenoxy) is 1. The van der Waals surface area contributed by atoms with Crippen molar-refractivity contribution in [3.8, 4) is 16.9 Å². The van der Waals surface area contributed by atoms with Crippen LogP contribution in [0.1, 0.15) is 17.3 Å². The molecule has 0 spiro atoms. The van der Waals surface area contributed by atoms with E-state index in [9.17, 15) is 30.8 Å². The van der Waals surface area contributed by atoms with E-state index in [1.807, 2.05) is 0 Å². The minimum Gasteiger partial charge on any atom is -0.462 e. The lowest BCUT2D eigenvalue weighted by atomic mass is 9.99. The van der Waals surface area contributed by atoms with Crippen LogP contribution in [-0.2, 0) is 14.9 Å².